The van der Waals surface area contributed by atoms with Crippen molar-refractivity contribution in [2.24, 2.45) is 0 Å². The number of rotatable bonds is 11. The Morgan fingerprint density at radius 3 is 2.36 bits per heavy atom. The van der Waals surface area contributed by atoms with E-state index in [-0.39, 0.29) is 17.4 Å². The van der Waals surface area contributed by atoms with Crippen molar-refractivity contribution in [3.63, 3.8) is 0 Å². The van der Waals surface area contributed by atoms with Crippen LogP contribution in [0.1, 0.15) is 26.3 Å². The molecule has 4 aromatic rings. The molecular formula is C32H33FN4O4S. The molecule has 0 aliphatic heterocycles. The van der Waals surface area contributed by atoms with Crippen LogP contribution in [-0.4, -0.2) is 55.6 Å². The molecule has 4 aromatic carbocycles. The van der Waals surface area contributed by atoms with Crippen molar-refractivity contribution < 1.29 is 23.3 Å². The van der Waals surface area contributed by atoms with Gasteiger partial charge in [0.1, 0.15) is 17.2 Å². The molecule has 0 saturated heterocycles. The van der Waals surface area contributed by atoms with E-state index in [4.69, 9.17) is 4.74 Å². The summed E-state index contributed by atoms with van der Waals surface area (Å²) < 4.78 is 35.5. The Labute approximate surface area is 248 Å². The Morgan fingerprint density at radius 1 is 0.905 bits per heavy atom. The van der Waals surface area contributed by atoms with E-state index >= 15 is 0 Å². The molecule has 1 atom stereocenters. The highest BCUT2D eigenvalue weighted by Gasteiger charge is 2.22. The fourth-order valence-electron chi connectivity index (χ4n) is 4.32. The molecule has 0 fully saturated rings. The molecular weight excluding hydrogens is 555 g/mol. The van der Waals surface area contributed by atoms with Gasteiger partial charge in [0.25, 0.3) is 11.8 Å². The molecule has 0 aromatic heterocycles. The molecule has 218 valence electrons. The highest BCUT2D eigenvalue weighted by Crippen LogP contribution is 2.34. The van der Waals surface area contributed by atoms with Gasteiger partial charge in [0.05, 0.1) is 12.8 Å². The summed E-state index contributed by atoms with van der Waals surface area (Å²) in [5, 5.41) is 5.96. The van der Waals surface area contributed by atoms with Crippen molar-refractivity contribution in [3.05, 3.63) is 107 Å². The second kappa shape index (κ2) is 13.9. The summed E-state index contributed by atoms with van der Waals surface area (Å²) in [5.74, 6) is -0.445. The predicted octanol–water partition coefficient (Wildman–Crippen LogP) is 5.49. The fourth-order valence-corrected chi connectivity index (χ4v) is 5.33. The maximum absolute atomic E-state index is 13.5. The van der Waals surface area contributed by atoms with E-state index in [1.54, 1.807) is 32.3 Å². The van der Waals surface area contributed by atoms with E-state index < -0.39 is 17.2 Å². The molecule has 3 N–H and O–H groups in total. The second-order valence-electron chi connectivity index (χ2n) is 9.74. The molecule has 8 nitrogen and oxygen atoms in total. The van der Waals surface area contributed by atoms with Crippen LogP contribution >= 0.6 is 0 Å². The van der Waals surface area contributed by atoms with Crippen LogP contribution in [0.5, 0.6) is 5.75 Å². The minimum atomic E-state index is -1.67. The molecule has 4 rings (SSSR count). The summed E-state index contributed by atoms with van der Waals surface area (Å²) in [7, 11) is 4.94. The van der Waals surface area contributed by atoms with Crippen molar-refractivity contribution in [1.29, 1.82) is 0 Å². The molecule has 0 bridgehead atoms. The summed E-state index contributed by atoms with van der Waals surface area (Å²) in [6.07, 6.45) is 0. The summed E-state index contributed by atoms with van der Waals surface area (Å²) in [6.45, 7) is 2.69. The number of hydrogen-bond acceptors (Lipinski definition) is 6. The third kappa shape index (κ3) is 7.59. The molecule has 0 aliphatic rings. The average Bonchev–Trinajstić information content (AvgIpc) is 2.98. The van der Waals surface area contributed by atoms with Crippen molar-refractivity contribution in [3.8, 4) is 16.9 Å². The smallest absolute Gasteiger partial charge is 0.253 e. The van der Waals surface area contributed by atoms with E-state index in [1.807, 2.05) is 55.5 Å². The Morgan fingerprint density at radius 2 is 1.62 bits per heavy atom. The number of hydrogen-bond donors (Lipinski definition) is 3. The van der Waals surface area contributed by atoms with Gasteiger partial charge in [0.15, 0.2) is 5.75 Å². The Kier molecular flexibility index (Phi) is 10.1. The van der Waals surface area contributed by atoms with Gasteiger partial charge < -0.3 is 24.8 Å². The first-order chi connectivity index (χ1) is 20.2. The zero-order valence-corrected chi connectivity index (χ0v) is 24.7. The number of carbonyl (C=O) groups excluding carboxylic acids is 2. The van der Waals surface area contributed by atoms with Gasteiger partial charge in [-0.05, 0) is 78.2 Å². The van der Waals surface area contributed by atoms with Crippen LogP contribution in [0, 0.1) is 12.7 Å². The highest BCUT2D eigenvalue weighted by atomic mass is 32.2. The average molecular weight is 589 g/mol. The first-order valence-electron chi connectivity index (χ1n) is 13.2. The third-order valence-electron chi connectivity index (χ3n) is 6.44. The van der Waals surface area contributed by atoms with Crippen molar-refractivity contribution >= 4 is 34.6 Å². The standard InChI is InChI=1S/C32H33FN4O4S/c1-21-16-29(41-4)30(20-28(21)22-8-5-10-24(17-22)32(39)37(2)3)42(40)36-27-13-7-12-26(19-27)34-14-15-35-31(38)23-9-6-11-25(33)18-23/h5-13,16-20,34,36H,14-15H2,1-4H3,(H,35,38). The van der Waals surface area contributed by atoms with Gasteiger partial charge in [-0.1, -0.05) is 24.3 Å². The van der Waals surface area contributed by atoms with Crippen LogP contribution < -0.4 is 20.1 Å². The van der Waals surface area contributed by atoms with Crippen molar-refractivity contribution in [2.45, 2.75) is 11.8 Å². The second-order valence-corrected chi connectivity index (χ2v) is 10.9. The lowest BCUT2D eigenvalue weighted by Gasteiger charge is -2.18. The normalized spacial score (nSPS) is 11.4. The Balaban J connectivity index is 1.44. The number of methoxy groups -OCH3 is 1. The van der Waals surface area contributed by atoms with Gasteiger partial charge in [0, 0.05) is 50.1 Å². The van der Waals surface area contributed by atoms with Gasteiger partial charge in [-0.25, -0.2) is 9.11 Å². The summed E-state index contributed by atoms with van der Waals surface area (Å²) >= 11 is -1.67. The maximum atomic E-state index is 13.5. The number of nitrogens with zero attached hydrogens (tertiary/aromatic N) is 1. The number of benzene rings is 4. The van der Waals surface area contributed by atoms with E-state index in [1.165, 1.54) is 30.2 Å². The van der Waals surface area contributed by atoms with E-state index in [0.717, 1.165) is 22.4 Å². The zero-order valence-electron chi connectivity index (χ0n) is 23.9. The summed E-state index contributed by atoms with van der Waals surface area (Å²) in [6, 6.07) is 23.8. The molecule has 0 saturated carbocycles. The van der Waals surface area contributed by atoms with Gasteiger partial charge in [-0.15, -0.1) is 0 Å². The molecule has 0 heterocycles. The Hall–Kier alpha value is -4.54. The van der Waals surface area contributed by atoms with Crippen LogP contribution in [0.15, 0.2) is 89.8 Å². The third-order valence-corrected chi connectivity index (χ3v) is 7.58. The van der Waals surface area contributed by atoms with E-state index in [2.05, 4.69) is 15.4 Å². The number of ether oxygens (including phenoxy) is 1. The molecule has 42 heavy (non-hydrogen) atoms. The Bertz CT molecular complexity index is 1580. The van der Waals surface area contributed by atoms with Crippen molar-refractivity contribution in [1.82, 2.24) is 10.2 Å². The number of anilines is 2. The summed E-state index contributed by atoms with van der Waals surface area (Å²) in [5.41, 5.74) is 4.78. The largest absolute Gasteiger partial charge is 0.588 e. The first-order valence-corrected chi connectivity index (χ1v) is 14.4. The monoisotopic (exact) mass is 588 g/mol. The molecule has 10 heteroatoms. The quantitative estimate of drug-likeness (QED) is 0.158. The minimum absolute atomic E-state index is 0.101. The van der Waals surface area contributed by atoms with Gasteiger partial charge in [-0.2, -0.15) is 0 Å². The topological polar surface area (TPSA) is 106 Å². The van der Waals surface area contributed by atoms with Crippen LogP contribution in [0.25, 0.3) is 11.1 Å². The van der Waals surface area contributed by atoms with Gasteiger partial charge >= 0.3 is 0 Å². The lowest BCUT2D eigenvalue weighted by molar-refractivity contribution is 0.0827. The molecule has 0 radical (unpaired) electrons. The number of halogens is 1. The first kappa shape index (κ1) is 30.4. The van der Waals surface area contributed by atoms with E-state index in [0.29, 0.717) is 35.0 Å². The molecule has 2 amide bonds. The predicted molar refractivity (Wildman–Crippen MR) is 165 cm³/mol. The van der Waals surface area contributed by atoms with Crippen LogP contribution in [-0.2, 0) is 11.4 Å². The molecule has 1 unspecified atom stereocenters. The molecule has 0 spiro atoms. The number of amides is 2. The zero-order chi connectivity index (χ0) is 30.2. The number of aryl methyl sites for hydroxylation is 1. The minimum Gasteiger partial charge on any atom is -0.588 e. The van der Waals surface area contributed by atoms with Crippen LogP contribution in [0.2, 0.25) is 0 Å². The number of nitrogens with one attached hydrogen (secondary N) is 3. The summed E-state index contributed by atoms with van der Waals surface area (Å²) in [4.78, 5) is 26.7. The lowest BCUT2D eigenvalue weighted by Crippen LogP contribution is -2.28. The maximum Gasteiger partial charge on any atom is 0.253 e. The van der Waals surface area contributed by atoms with E-state index in [9.17, 15) is 18.5 Å². The van der Waals surface area contributed by atoms with Gasteiger partial charge in [0.2, 0.25) is 4.90 Å². The SMILES string of the molecule is COc1cc(C)c(-c2cccc(C(=O)N(C)C)c2)cc1[S+]([O-])Nc1cccc(NCCNC(=O)c2cccc(F)c2)c1. The fraction of sp³-hybridized carbons (Fsp3) is 0.188. The lowest BCUT2D eigenvalue weighted by atomic mass is 9.98. The van der Waals surface area contributed by atoms with Crippen molar-refractivity contribution in [2.75, 3.05) is 44.3 Å². The highest BCUT2D eigenvalue weighted by molar-refractivity contribution is 7.92. The van der Waals surface area contributed by atoms with Gasteiger partial charge in [-0.3, -0.25) is 9.59 Å². The van der Waals surface area contributed by atoms with Crippen LogP contribution in [0.4, 0.5) is 15.8 Å². The molecule has 0 aliphatic carbocycles. The van der Waals surface area contributed by atoms with Crippen LogP contribution in [0.3, 0.4) is 0 Å². The number of carbonyl (C=O) groups is 2.